The Morgan fingerprint density at radius 2 is 1.81 bits per heavy atom. The lowest BCUT2D eigenvalue weighted by Crippen LogP contribution is -2.35. The first-order valence-electron chi connectivity index (χ1n) is 7.26. The van der Waals surface area contributed by atoms with Gasteiger partial charge in [0.1, 0.15) is 5.82 Å². The molecule has 1 aliphatic carbocycles. The summed E-state index contributed by atoms with van der Waals surface area (Å²) in [5.41, 5.74) is -0.453. The first-order chi connectivity index (χ1) is 9.67. The van der Waals surface area contributed by atoms with Gasteiger partial charge in [-0.2, -0.15) is 13.2 Å². The Hall–Kier alpha value is -1.10. The fourth-order valence-electron chi connectivity index (χ4n) is 2.82. The van der Waals surface area contributed by atoms with E-state index < -0.39 is 17.6 Å². The summed E-state index contributed by atoms with van der Waals surface area (Å²) < 4.78 is 51.7. The molecule has 2 rings (SSSR count). The molecule has 1 N–H and O–H groups in total. The van der Waals surface area contributed by atoms with Gasteiger partial charge < -0.3 is 5.32 Å². The molecule has 1 aliphatic rings. The minimum atomic E-state index is -4.52. The molecule has 1 aromatic carbocycles. The maximum atomic E-state index is 13.0. The van der Waals surface area contributed by atoms with Crippen LogP contribution in [0.4, 0.5) is 17.6 Å². The second-order valence-corrected chi connectivity index (χ2v) is 6.62. The summed E-state index contributed by atoms with van der Waals surface area (Å²) in [6, 6.07) is 3.11. The van der Waals surface area contributed by atoms with Gasteiger partial charge in [0.25, 0.3) is 0 Å². The molecule has 0 amide bonds. The van der Waals surface area contributed by atoms with Crippen molar-refractivity contribution in [3.63, 3.8) is 0 Å². The first kappa shape index (κ1) is 16.3. The van der Waals surface area contributed by atoms with Crippen LogP contribution < -0.4 is 5.32 Å². The van der Waals surface area contributed by atoms with E-state index in [2.05, 4.69) is 19.2 Å². The van der Waals surface area contributed by atoms with Crippen LogP contribution in [0.2, 0.25) is 0 Å². The molecule has 1 nitrogen and oxygen atoms in total. The lowest BCUT2D eigenvalue weighted by molar-refractivity contribution is -0.138. The van der Waals surface area contributed by atoms with Crippen LogP contribution in [0.3, 0.4) is 0 Å². The Kier molecular flexibility index (Phi) is 4.61. The molecule has 0 aliphatic heterocycles. The Balaban J connectivity index is 2.01. The number of benzene rings is 1. The van der Waals surface area contributed by atoms with E-state index in [0.29, 0.717) is 11.5 Å². The topological polar surface area (TPSA) is 12.0 Å². The van der Waals surface area contributed by atoms with Crippen LogP contribution in [0, 0.1) is 11.2 Å². The third kappa shape index (κ3) is 4.43. The molecule has 118 valence electrons. The molecule has 1 saturated carbocycles. The van der Waals surface area contributed by atoms with E-state index >= 15 is 0 Å². The zero-order valence-corrected chi connectivity index (χ0v) is 12.4. The van der Waals surface area contributed by atoms with Crippen molar-refractivity contribution in [2.24, 2.45) is 5.41 Å². The van der Waals surface area contributed by atoms with Gasteiger partial charge in [0, 0.05) is 12.6 Å². The average molecular weight is 303 g/mol. The molecule has 21 heavy (non-hydrogen) atoms. The summed E-state index contributed by atoms with van der Waals surface area (Å²) in [7, 11) is 0. The van der Waals surface area contributed by atoms with Crippen molar-refractivity contribution in [2.75, 3.05) is 0 Å². The largest absolute Gasteiger partial charge is 0.416 e. The SMILES string of the molecule is CC1(C)CCC(NCc2ccc(F)cc2C(F)(F)F)CC1. The van der Waals surface area contributed by atoms with Crippen LogP contribution in [-0.2, 0) is 12.7 Å². The molecule has 0 bridgehead atoms. The molecule has 5 heteroatoms. The van der Waals surface area contributed by atoms with Crippen molar-refractivity contribution >= 4 is 0 Å². The minimum Gasteiger partial charge on any atom is -0.310 e. The number of hydrogen-bond donors (Lipinski definition) is 1. The van der Waals surface area contributed by atoms with Gasteiger partial charge in [-0.1, -0.05) is 19.9 Å². The van der Waals surface area contributed by atoms with Crippen molar-refractivity contribution in [3.05, 3.63) is 35.1 Å². The minimum absolute atomic E-state index is 0.105. The Bertz CT molecular complexity index is 484. The summed E-state index contributed by atoms with van der Waals surface area (Å²) in [6.07, 6.45) is -0.445. The van der Waals surface area contributed by atoms with Gasteiger partial charge in [-0.3, -0.25) is 0 Å². The fourth-order valence-corrected chi connectivity index (χ4v) is 2.82. The monoisotopic (exact) mass is 303 g/mol. The molecule has 0 saturated heterocycles. The van der Waals surface area contributed by atoms with E-state index in [0.717, 1.165) is 31.7 Å². The fraction of sp³-hybridized carbons (Fsp3) is 0.625. The van der Waals surface area contributed by atoms with Crippen LogP contribution in [0.5, 0.6) is 0 Å². The third-order valence-electron chi connectivity index (χ3n) is 4.30. The summed E-state index contributed by atoms with van der Waals surface area (Å²) in [5, 5.41) is 3.19. The normalized spacial score (nSPS) is 19.7. The summed E-state index contributed by atoms with van der Waals surface area (Å²) in [4.78, 5) is 0. The molecule has 0 atom stereocenters. The van der Waals surface area contributed by atoms with Crippen LogP contribution in [0.25, 0.3) is 0 Å². The molecule has 0 unspecified atom stereocenters. The molecule has 0 spiro atoms. The van der Waals surface area contributed by atoms with Gasteiger partial charge in [-0.05, 0) is 48.8 Å². The number of halogens is 4. The summed E-state index contributed by atoms with van der Waals surface area (Å²) in [6.45, 7) is 4.55. The van der Waals surface area contributed by atoms with Crippen molar-refractivity contribution in [2.45, 2.75) is 58.3 Å². The van der Waals surface area contributed by atoms with Gasteiger partial charge in [-0.15, -0.1) is 0 Å². The van der Waals surface area contributed by atoms with Crippen LogP contribution in [0.1, 0.15) is 50.7 Å². The van der Waals surface area contributed by atoms with E-state index in [9.17, 15) is 17.6 Å². The zero-order chi connectivity index (χ0) is 15.7. The van der Waals surface area contributed by atoms with Crippen LogP contribution >= 0.6 is 0 Å². The van der Waals surface area contributed by atoms with Crippen molar-refractivity contribution in [1.82, 2.24) is 5.32 Å². The molecule has 0 aromatic heterocycles. The standard InChI is InChI=1S/C16H21F4N/c1-15(2)7-5-13(6-8-15)21-10-11-3-4-12(17)9-14(11)16(18,19)20/h3-4,9,13,21H,5-8,10H2,1-2H3. The predicted molar refractivity (Wildman–Crippen MR) is 74.3 cm³/mol. The lowest BCUT2D eigenvalue weighted by Gasteiger charge is -2.34. The third-order valence-corrected chi connectivity index (χ3v) is 4.30. The highest BCUT2D eigenvalue weighted by molar-refractivity contribution is 5.30. The maximum Gasteiger partial charge on any atom is 0.416 e. The number of rotatable bonds is 3. The van der Waals surface area contributed by atoms with Gasteiger partial charge >= 0.3 is 6.18 Å². The quantitative estimate of drug-likeness (QED) is 0.783. The Morgan fingerprint density at radius 1 is 1.19 bits per heavy atom. The van der Waals surface area contributed by atoms with Gasteiger partial charge in [0.2, 0.25) is 0 Å². The summed E-state index contributed by atoms with van der Waals surface area (Å²) in [5.74, 6) is -0.856. The number of alkyl halides is 3. The Labute approximate surface area is 122 Å². The van der Waals surface area contributed by atoms with Gasteiger partial charge in [0.15, 0.2) is 0 Å². The number of hydrogen-bond acceptors (Lipinski definition) is 1. The highest BCUT2D eigenvalue weighted by atomic mass is 19.4. The van der Waals surface area contributed by atoms with Gasteiger partial charge in [0.05, 0.1) is 5.56 Å². The molecule has 0 radical (unpaired) electrons. The van der Waals surface area contributed by atoms with E-state index in [1.165, 1.54) is 6.07 Å². The highest BCUT2D eigenvalue weighted by Gasteiger charge is 2.34. The van der Waals surface area contributed by atoms with Crippen molar-refractivity contribution < 1.29 is 17.6 Å². The van der Waals surface area contributed by atoms with E-state index in [1.54, 1.807) is 0 Å². The van der Waals surface area contributed by atoms with Crippen molar-refractivity contribution in [1.29, 1.82) is 0 Å². The Morgan fingerprint density at radius 3 is 2.38 bits per heavy atom. The maximum absolute atomic E-state index is 13.0. The average Bonchev–Trinajstić information content (AvgIpc) is 2.37. The van der Waals surface area contributed by atoms with E-state index in [-0.39, 0.29) is 18.2 Å². The lowest BCUT2D eigenvalue weighted by atomic mass is 9.75. The molecular formula is C16H21F4N. The second-order valence-electron chi connectivity index (χ2n) is 6.62. The summed E-state index contributed by atoms with van der Waals surface area (Å²) >= 11 is 0. The molecular weight excluding hydrogens is 282 g/mol. The predicted octanol–water partition coefficient (Wildman–Crippen LogP) is 4.90. The van der Waals surface area contributed by atoms with Gasteiger partial charge in [-0.25, -0.2) is 4.39 Å². The van der Waals surface area contributed by atoms with Crippen LogP contribution in [-0.4, -0.2) is 6.04 Å². The molecule has 1 aromatic rings. The van der Waals surface area contributed by atoms with Crippen LogP contribution in [0.15, 0.2) is 18.2 Å². The van der Waals surface area contributed by atoms with E-state index in [1.807, 2.05) is 0 Å². The first-order valence-corrected chi connectivity index (χ1v) is 7.26. The number of nitrogens with one attached hydrogen (secondary N) is 1. The van der Waals surface area contributed by atoms with E-state index in [4.69, 9.17) is 0 Å². The highest BCUT2D eigenvalue weighted by Crippen LogP contribution is 2.36. The molecule has 1 fully saturated rings. The second kappa shape index (κ2) is 5.95. The molecule has 0 heterocycles. The zero-order valence-electron chi connectivity index (χ0n) is 12.4. The van der Waals surface area contributed by atoms with Crippen molar-refractivity contribution in [3.8, 4) is 0 Å². The smallest absolute Gasteiger partial charge is 0.310 e.